The molecule has 3 nitrogen and oxygen atoms in total. The van der Waals surface area contributed by atoms with Crippen LogP contribution in [0, 0.1) is 23.5 Å². The predicted molar refractivity (Wildman–Crippen MR) is 89.8 cm³/mol. The molecule has 1 aromatic heterocycles. The lowest BCUT2D eigenvalue weighted by molar-refractivity contribution is 0.143. The Hall–Kier alpha value is -2.23. The fraction of sp³-hybridized carbons (Fsp3) is 0.278. The van der Waals surface area contributed by atoms with Gasteiger partial charge in [-0.1, -0.05) is 17.4 Å². The van der Waals surface area contributed by atoms with Crippen molar-refractivity contribution in [2.45, 2.75) is 31.9 Å². The van der Waals surface area contributed by atoms with E-state index in [0.29, 0.717) is 22.4 Å². The van der Waals surface area contributed by atoms with Crippen molar-refractivity contribution in [1.29, 1.82) is 0 Å². The number of halogens is 2. The molecule has 1 atom stereocenters. The van der Waals surface area contributed by atoms with Crippen LogP contribution in [0.5, 0.6) is 0 Å². The number of hydrogen-bond donors (Lipinski definition) is 2. The van der Waals surface area contributed by atoms with E-state index in [4.69, 9.17) is 13.6 Å². The minimum atomic E-state index is -1.15. The number of aromatic nitrogens is 1. The highest BCUT2D eigenvalue weighted by Gasteiger charge is 2.14. The van der Waals surface area contributed by atoms with Crippen LogP contribution in [0.4, 0.5) is 8.78 Å². The molecule has 0 aliphatic heterocycles. The first-order valence-electron chi connectivity index (χ1n) is 7.36. The summed E-state index contributed by atoms with van der Waals surface area (Å²) in [4.78, 5) is 4.29. The van der Waals surface area contributed by atoms with Crippen LogP contribution in [-0.4, -0.2) is 23.5 Å². The van der Waals surface area contributed by atoms with Gasteiger partial charge in [0.1, 0.15) is 30.8 Å². The Morgan fingerprint density at radius 2 is 1.88 bits per heavy atom. The van der Waals surface area contributed by atoms with E-state index in [1.165, 1.54) is 12.1 Å². The average molecular weight is 326 g/mol. The van der Waals surface area contributed by atoms with E-state index in [1.54, 1.807) is 26.0 Å². The maximum Gasteiger partial charge on any atom is 0.126 e. The summed E-state index contributed by atoms with van der Waals surface area (Å²) in [5.41, 5.74) is 6.52. The topological polar surface area (TPSA) is 59.1 Å². The Morgan fingerprint density at radius 1 is 1.25 bits per heavy atom. The van der Waals surface area contributed by atoms with Crippen molar-refractivity contribution in [1.82, 2.24) is 4.98 Å². The smallest absolute Gasteiger partial charge is 0.126 e. The van der Waals surface area contributed by atoms with E-state index in [9.17, 15) is 13.9 Å². The van der Waals surface area contributed by atoms with Gasteiger partial charge in [-0.15, -0.1) is 0 Å². The minimum Gasteiger partial charge on any atom is -0.378 e. The molecule has 6 heteroatoms. The molecule has 2 aromatic rings. The summed E-state index contributed by atoms with van der Waals surface area (Å²) < 4.78 is 26.5. The summed E-state index contributed by atoms with van der Waals surface area (Å²) in [6.45, 7) is 3.12. The molecule has 1 aromatic carbocycles. The summed E-state index contributed by atoms with van der Waals surface area (Å²) in [5, 5.41) is 9.64. The summed E-state index contributed by atoms with van der Waals surface area (Å²) in [6, 6.07) is 5.83. The highest BCUT2D eigenvalue weighted by Crippen LogP contribution is 2.16. The number of hydrogen-bond acceptors (Lipinski definition) is 3. The Labute approximate surface area is 141 Å². The van der Waals surface area contributed by atoms with Crippen LogP contribution < -0.4 is 11.2 Å². The van der Waals surface area contributed by atoms with Crippen molar-refractivity contribution >= 4 is 13.3 Å². The third kappa shape index (κ3) is 5.15. The third-order valence-corrected chi connectivity index (χ3v) is 3.18. The zero-order valence-corrected chi connectivity index (χ0v) is 13.5. The largest absolute Gasteiger partial charge is 0.378 e. The average Bonchev–Trinajstić information content (AvgIpc) is 2.44. The van der Waals surface area contributed by atoms with Gasteiger partial charge >= 0.3 is 0 Å². The number of benzene rings is 1. The molecule has 0 bridgehead atoms. The summed E-state index contributed by atoms with van der Waals surface area (Å²) in [7, 11) is 5.90. The van der Waals surface area contributed by atoms with Gasteiger partial charge in [-0.2, -0.15) is 0 Å². The molecule has 0 amide bonds. The lowest BCUT2D eigenvalue weighted by Gasteiger charge is -2.15. The molecule has 2 rings (SSSR count). The van der Waals surface area contributed by atoms with Gasteiger partial charge in [0.15, 0.2) is 0 Å². The maximum absolute atomic E-state index is 13.3. The molecule has 0 aliphatic rings. The molecule has 1 heterocycles. The number of pyridine rings is 1. The number of nitrogens with zero attached hydrogens (tertiary/aromatic N) is 1. The summed E-state index contributed by atoms with van der Waals surface area (Å²) in [6.07, 6.45) is 0.175. The molecule has 24 heavy (non-hydrogen) atoms. The van der Waals surface area contributed by atoms with Crippen molar-refractivity contribution in [3.05, 3.63) is 58.9 Å². The monoisotopic (exact) mass is 326 g/mol. The van der Waals surface area contributed by atoms with Gasteiger partial charge < -0.3 is 10.8 Å². The molecule has 1 unspecified atom stereocenters. The van der Waals surface area contributed by atoms with Gasteiger partial charge in [0.25, 0.3) is 0 Å². The fourth-order valence-electron chi connectivity index (χ4n) is 2.15. The predicted octanol–water partition coefficient (Wildman–Crippen LogP) is 1.52. The van der Waals surface area contributed by atoms with Crippen molar-refractivity contribution in [2.75, 3.05) is 0 Å². The Kier molecular flexibility index (Phi) is 5.38. The fourth-order valence-corrected chi connectivity index (χ4v) is 2.15. The van der Waals surface area contributed by atoms with Crippen molar-refractivity contribution in [3.8, 4) is 11.8 Å². The lowest BCUT2D eigenvalue weighted by Crippen LogP contribution is -2.24. The van der Waals surface area contributed by atoms with Gasteiger partial charge in [-0.25, -0.2) is 13.8 Å². The van der Waals surface area contributed by atoms with E-state index in [0.717, 1.165) is 6.07 Å². The normalized spacial score (nSPS) is 12.4. The van der Waals surface area contributed by atoms with Gasteiger partial charge in [-0.05, 0) is 50.0 Å². The van der Waals surface area contributed by atoms with Crippen molar-refractivity contribution in [2.24, 2.45) is 5.73 Å². The molecule has 0 saturated carbocycles. The van der Waals surface area contributed by atoms with E-state index in [2.05, 4.69) is 16.8 Å². The molecule has 0 fully saturated rings. The Morgan fingerprint density at radius 3 is 2.46 bits per heavy atom. The molecule has 0 saturated heterocycles. The maximum atomic E-state index is 13.3. The summed E-state index contributed by atoms with van der Waals surface area (Å²) in [5.74, 6) is 4.07. The molecular formula is C18H17BF2N2O. The molecule has 0 spiro atoms. The number of rotatable bonds is 3. The third-order valence-electron chi connectivity index (χ3n) is 3.18. The first-order valence-corrected chi connectivity index (χ1v) is 7.36. The van der Waals surface area contributed by atoms with Crippen LogP contribution in [0.15, 0.2) is 30.3 Å². The minimum absolute atomic E-state index is 0.175. The highest BCUT2D eigenvalue weighted by molar-refractivity contribution is 6.33. The van der Waals surface area contributed by atoms with Crippen LogP contribution in [0.3, 0.4) is 0 Å². The van der Waals surface area contributed by atoms with Crippen LogP contribution in [0.2, 0.25) is 0 Å². The van der Waals surface area contributed by atoms with Crippen LogP contribution in [0.1, 0.15) is 36.8 Å². The van der Waals surface area contributed by atoms with Gasteiger partial charge in [0.2, 0.25) is 0 Å². The Bertz CT molecular complexity index is 787. The van der Waals surface area contributed by atoms with E-state index in [-0.39, 0.29) is 6.42 Å². The lowest BCUT2D eigenvalue weighted by atomic mass is 9.89. The molecule has 3 N–H and O–H groups in total. The van der Waals surface area contributed by atoms with Gasteiger partial charge in [0.05, 0.1) is 11.7 Å². The quantitative estimate of drug-likeness (QED) is 0.664. The molecule has 0 aliphatic carbocycles. The van der Waals surface area contributed by atoms with Crippen LogP contribution in [-0.2, 0) is 6.42 Å². The first-order chi connectivity index (χ1) is 11.1. The van der Waals surface area contributed by atoms with E-state index < -0.39 is 23.3 Å². The second-order valence-corrected chi connectivity index (χ2v) is 6.07. The first kappa shape index (κ1) is 18.1. The highest BCUT2D eigenvalue weighted by atomic mass is 19.1. The molecular weight excluding hydrogens is 309 g/mol. The zero-order chi connectivity index (χ0) is 17.9. The number of aliphatic hydroxyl groups is 1. The van der Waals surface area contributed by atoms with Crippen LogP contribution in [0.25, 0.3) is 0 Å². The van der Waals surface area contributed by atoms with E-state index >= 15 is 0 Å². The Balaban J connectivity index is 2.27. The van der Waals surface area contributed by atoms with Crippen LogP contribution >= 0.6 is 0 Å². The van der Waals surface area contributed by atoms with Crippen molar-refractivity contribution in [3.63, 3.8) is 0 Å². The summed E-state index contributed by atoms with van der Waals surface area (Å²) >= 11 is 0. The molecule has 2 radical (unpaired) electrons. The SMILES string of the molecule is [B]c1ccc(C#CC(C)(C)O)nc1C(N)Cc1cc(F)cc(F)c1. The van der Waals surface area contributed by atoms with Gasteiger partial charge in [0, 0.05) is 6.07 Å². The standard InChI is InChI=1S/C18H17BF2N2O/c1-18(2,24)6-5-14-3-4-15(19)17(23-14)16(22)9-11-7-12(20)10-13(21)8-11/h3-4,7-8,10,16,24H,9,22H2,1-2H3. The molecule has 122 valence electrons. The van der Waals surface area contributed by atoms with Crippen molar-refractivity contribution < 1.29 is 13.9 Å². The zero-order valence-electron chi connectivity index (χ0n) is 13.5. The van der Waals surface area contributed by atoms with E-state index in [1.807, 2.05) is 0 Å². The second-order valence-electron chi connectivity index (χ2n) is 6.07. The van der Waals surface area contributed by atoms with Gasteiger partial charge in [-0.3, -0.25) is 0 Å². The second kappa shape index (κ2) is 7.12. The number of nitrogens with two attached hydrogens (primary N) is 1.